The first-order valence-electron chi connectivity index (χ1n) is 13.6. The Balaban J connectivity index is 1.15. The van der Waals surface area contributed by atoms with Crippen LogP contribution in [-0.4, -0.2) is 42.2 Å². The molecule has 5 heterocycles. The second-order valence-corrected chi connectivity index (χ2v) is 12.0. The highest BCUT2D eigenvalue weighted by atomic mass is 32.1. The molecule has 0 aromatic carbocycles. The molecular formula is C28H28F2N8O3S. The van der Waals surface area contributed by atoms with E-state index in [4.69, 9.17) is 5.73 Å². The summed E-state index contributed by atoms with van der Waals surface area (Å²) in [6, 6.07) is 2.91. The van der Waals surface area contributed by atoms with Crippen molar-refractivity contribution in [2.75, 3.05) is 11.1 Å². The summed E-state index contributed by atoms with van der Waals surface area (Å²) in [5.74, 6) is -3.21. The van der Waals surface area contributed by atoms with Gasteiger partial charge in [0.25, 0.3) is 11.5 Å². The predicted octanol–water partition coefficient (Wildman–Crippen LogP) is 4.14. The SMILES string of the molecule is C[C@@H]1C[C@@H](C(=O)NCc2cc3cnc(N)cc3s2)n2c1ncc(NC(=O)c1cnc(C3CCCC(F)(F)C3)nc1)c2=O. The van der Waals surface area contributed by atoms with Crippen molar-refractivity contribution in [1.29, 1.82) is 0 Å². The van der Waals surface area contributed by atoms with Gasteiger partial charge in [0.05, 0.1) is 18.3 Å². The van der Waals surface area contributed by atoms with E-state index in [-0.39, 0.29) is 48.3 Å². The molecule has 42 heavy (non-hydrogen) atoms. The normalized spacial score (nSPS) is 21.2. The number of anilines is 2. The van der Waals surface area contributed by atoms with Crippen LogP contribution in [0.3, 0.4) is 0 Å². The zero-order chi connectivity index (χ0) is 29.6. The molecule has 2 amide bonds. The molecule has 2 aliphatic rings. The molecule has 14 heteroatoms. The standard InChI is InChI=1S/C28H28F2N8O3S/c1-14-5-20(26(40)36-12-18-6-16-9-32-22(31)7-21(16)42-18)38-24(14)35-13-19(27(38)41)37-25(39)17-10-33-23(34-11-17)15-3-2-4-28(29,30)8-15/h6-7,9-11,13-15,20H,2-5,8,12H2,1H3,(H2,31,32)(H,36,40)(H,37,39)/t14-,15?,20+/m1/s1. The van der Waals surface area contributed by atoms with Crippen LogP contribution in [0.5, 0.6) is 0 Å². The molecule has 3 atom stereocenters. The number of carbonyl (C=O) groups is 2. The number of pyridine rings is 1. The number of fused-ring (bicyclic) bond motifs is 2. The van der Waals surface area contributed by atoms with Gasteiger partial charge in [0.2, 0.25) is 11.8 Å². The van der Waals surface area contributed by atoms with Crippen LogP contribution in [0.2, 0.25) is 0 Å². The Kier molecular flexibility index (Phi) is 7.17. The van der Waals surface area contributed by atoms with Gasteiger partial charge in [-0.1, -0.05) is 6.92 Å². The van der Waals surface area contributed by atoms with Gasteiger partial charge in [0.15, 0.2) is 0 Å². The number of aromatic nitrogens is 5. The van der Waals surface area contributed by atoms with E-state index < -0.39 is 29.3 Å². The Morgan fingerprint density at radius 2 is 1.93 bits per heavy atom. The number of amides is 2. The molecule has 1 saturated carbocycles. The minimum atomic E-state index is -2.75. The van der Waals surface area contributed by atoms with E-state index >= 15 is 0 Å². The summed E-state index contributed by atoms with van der Waals surface area (Å²) in [7, 11) is 0. The fourth-order valence-electron chi connectivity index (χ4n) is 5.64. The summed E-state index contributed by atoms with van der Waals surface area (Å²) in [6.07, 6.45) is 6.35. The van der Waals surface area contributed by atoms with Gasteiger partial charge in [0, 0.05) is 58.2 Å². The first-order chi connectivity index (χ1) is 20.1. The van der Waals surface area contributed by atoms with Crippen molar-refractivity contribution in [2.24, 2.45) is 0 Å². The molecule has 218 valence electrons. The molecule has 0 bridgehead atoms. The molecule has 4 N–H and O–H groups in total. The van der Waals surface area contributed by atoms with Gasteiger partial charge in [-0.05, 0) is 31.4 Å². The third-order valence-corrected chi connectivity index (χ3v) is 8.85. The lowest BCUT2D eigenvalue weighted by atomic mass is 9.86. The number of hydrogen-bond donors (Lipinski definition) is 3. The van der Waals surface area contributed by atoms with Crippen LogP contribution in [0, 0.1) is 0 Å². The lowest BCUT2D eigenvalue weighted by Gasteiger charge is -2.27. The number of rotatable bonds is 6. The number of nitrogens with two attached hydrogens (primary N) is 1. The lowest BCUT2D eigenvalue weighted by molar-refractivity contribution is -0.124. The number of nitrogens with one attached hydrogen (secondary N) is 2. The molecule has 1 fully saturated rings. The maximum absolute atomic E-state index is 13.8. The van der Waals surface area contributed by atoms with Crippen molar-refractivity contribution >= 4 is 44.7 Å². The Labute approximate surface area is 242 Å². The number of hydrogen-bond acceptors (Lipinski definition) is 9. The maximum Gasteiger partial charge on any atom is 0.278 e. The summed E-state index contributed by atoms with van der Waals surface area (Å²) in [5, 5.41) is 6.37. The molecule has 0 saturated heterocycles. The van der Waals surface area contributed by atoms with Crippen molar-refractivity contribution in [3.05, 3.63) is 69.4 Å². The van der Waals surface area contributed by atoms with Gasteiger partial charge < -0.3 is 16.4 Å². The second-order valence-electron chi connectivity index (χ2n) is 10.9. The summed E-state index contributed by atoms with van der Waals surface area (Å²) >= 11 is 1.49. The fourth-order valence-corrected chi connectivity index (χ4v) is 6.66. The topological polar surface area (TPSA) is 158 Å². The van der Waals surface area contributed by atoms with Crippen LogP contribution in [0.15, 0.2) is 41.7 Å². The van der Waals surface area contributed by atoms with E-state index in [2.05, 4.69) is 30.6 Å². The number of alkyl halides is 2. The summed E-state index contributed by atoms with van der Waals surface area (Å²) < 4.78 is 29.9. The minimum Gasteiger partial charge on any atom is -0.384 e. The van der Waals surface area contributed by atoms with E-state index in [0.29, 0.717) is 30.9 Å². The van der Waals surface area contributed by atoms with Crippen LogP contribution in [0.25, 0.3) is 10.1 Å². The number of halogens is 2. The number of thiophene rings is 1. The lowest BCUT2D eigenvalue weighted by Crippen LogP contribution is -2.36. The molecule has 4 aromatic heterocycles. The average Bonchev–Trinajstić information content (AvgIpc) is 3.53. The number of nitrogen functional groups attached to an aromatic ring is 1. The van der Waals surface area contributed by atoms with Crippen LogP contribution < -0.4 is 21.9 Å². The number of carbonyl (C=O) groups excluding carboxylic acids is 2. The van der Waals surface area contributed by atoms with E-state index in [1.54, 1.807) is 12.3 Å². The maximum atomic E-state index is 13.8. The Morgan fingerprint density at radius 1 is 1.14 bits per heavy atom. The van der Waals surface area contributed by atoms with Gasteiger partial charge in [0.1, 0.15) is 29.2 Å². The molecule has 1 unspecified atom stereocenters. The third kappa shape index (κ3) is 5.45. The van der Waals surface area contributed by atoms with E-state index in [1.165, 1.54) is 34.5 Å². The fraction of sp³-hybridized carbons (Fsp3) is 0.393. The smallest absolute Gasteiger partial charge is 0.278 e. The molecule has 11 nitrogen and oxygen atoms in total. The Morgan fingerprint density at radius 3 is 2.69 bits per heavy atom. The molecule has 0 radical (unpaired) electrons. The molecule has 1 aliphatic heterocycles. The summed E-state index contributed by atoms with van der Waals surface area (Å²) in [6.45, 7) is 2.15. The summed E-state index contributed by atoms with van der Waals surface area (Å²) in [5.41, 5.74) is 5.18. The minimum absolute atomic E-state index is 0.0640. The molecule has 0 spiro atoms. The van der Waals surface area contributed by atoms with Gasteiger partial charge >= 0.3 is 0 Å². The highest BCUT2D eigenvalue weighted by Gasteiger charge is 2.38. The predicted molar refractivity (Wildman–Crippen MR) is 153 cm³/mol. The van der Waals surface area contributed by atoms with Gasteiger partial charge in [-0.2, -0.15) is 0 Å². The van der Waals surface area contributed by atoms with Crippen molar-refractivity contribution in [1.82, 2.24) is 29.8 Å². The average molecular weight is 595 g/mol. The van der Waals surface area contributed by atoms with Crippen molar-refractivity contribution in [3.8, 4) is 0 Å². The van der Waals surface area contributed by atoms with E-state index in [0.717, 1.165) is 15.0 Å². The Hall–Kier alpha value is -4.33. The Bertz CT molecular complexity index is 1740. The zero-order valence-corrected chi connectivity index (χ0v) is 23.5. The highest BCUT2D eigenvalue weighted by Crippen LogP contribution is 2.40. The molecule has 6 rings (SSSR count). The zero-order valence-electron chi connectivity index (χ0n) is 22.6. The van der Waals surface area contributed by atoms with Crippen LogP contribution in [0.1, 0.15) is 83.8 Å². The quantitative estimate of drug-likeness (QED) is 0.301. The van der Waals surface area contributed by atoms with Crippen LogP contribution >= 0.6 is 11.3 Å². The summed E-state index contributed by atoms with van der Waals surface area (Å²) in [4.78, 5) is 57.3. The monoisotopic (exact) mass is 594 g/mol. The first kappa shape index (κ1) is 27.8. The van der Waals surface area contributed by atoms with Gasteiger partial charge in [-0.15, -0.1) is 11.3 Å². The molecular weight excluding hydrogens is 566 g/mol. The van der Waals surface area contributed by atoms with Crippen molar-refractivity contribution < 1.29 is 18.4 Å². The van der Waals surface area contributed by atoms with Gasteiger partial charge in [-0.25, -0.2) is 28.7 Å². The number of nitrogens with zero attached hydrogens (tertiary/aromatic N) is 5. The molecule has 4 aromatic rings. The van der Waals surface area contributed by atoms with Crippen LogP contribution in [0.4, 0.5) is 20.3 Å². The first-order valence-corrected chi connectivity index (χ1v) is 14.4. The second kappa shape index (κ2) is 10.8. The third-order valence-electron chi connectivity index (χ3n) is 7.75. The van der Waals surface area contributed by atoms with E-state index in [1.807, 2.05) is 13.0 Å². The molecule has 1 aliphatic carbocycles. The van der Waals surface area contributed by atoms with E-state index in [9.17, 15) is 23.2 Å². The van der Waals surface area contributed by atoms with Crippen molar-refractivity contribution in [2.45, 2.75) is 69.4 Å². The van der Waals surface area contributed by atoms with Crippen LogP contribution in [-0.2, 0) is 11.3 Å². The highest BCUT2D eigenvalue weighted by molar-refractivity contribution is 7.19. The van der Waals surface area contributed by atoms with Crippen molar-refractivity contribution in [3.63, 3.8) is 0 Å². The largest absolute Gasteiger partial charge is 0.384 e. The van der Waals surface area contributed by atoms with Gasteiger partial charge in [-0.3, -0.25) is 19.0 Å².